The SMILES string of the molecule is OCc1cc(OCCN2CCCCC2)ccc1Br. The molecule has 0 radical (unpaired) electrons. The maximum atomic E-state index is 9.18. The van der Waals surface area contributed by atoms with Crippen molar-refractivity contribution in [3.8, 4) is 5.75 Å². The second kappa shape index (κ2) is 7.12. The van der Waals surface area contributed by atoms with E-state index in [0.29, 0.717) is 6.61 Å². The van der Waals surface area contributed by atoms with Crippen LogP contribution in [0.4, 0.5) is 0 Å². The summed E-state index contributed by atoms with van der Waals surface area (Å²) in [6.45, 7) is 4.14. The van der Waals surface area contributed by atoms with Gasteiger partial charge in [-0.25, -0.2) is 0 Å². The predicted molar refractivity (Wildman–Crippen MR) is 75.9 cm³/mol. The Morgan fingerprint density at radius 3 is 2.72 bits per heavy atom. The number of hydrogen-bond acceptors (Lipinski definition) is 3. The second-order valence-electron chi connectivity index (χ2n) is 4.66. The van der Waals surface area contributed by atoms with E-state index in [1.807, 2.05) is 18.2 Å². The van der Waals surface area contributed by atoms with E-state index in [9.17, 15) is 5.11 Å². The molecule has 18 heavy (non-hydrogen) atoms. The number of ether oxygens (including phenoxy) is 1. The average molecular weight is 314 g/mol. The lowest BCUT2D eigenvalue weighted by Gasteiger charge is -2.26. The highest BCUT2D eigenvalue weighted by atomic mass is 79.9. The summed E-state index contributed by atoms with van der Waals surface area (Å²) in [6.07, 6.45) is 3.99. The summed E-state index contributed by atoms with van der Waals surface area (Å²) in [7, 11) is 0. The third-order valence-corrected chi connectivity index (χ3v) is 4.09. The maximum absolute atomic E-state index is 9.18. The van der Waals surface area contributed by atoms with Crippen LogP contribution in [0.15, 0.2) is 22.7 Å². The van der Waals surface area contributed by atoms with Gasteiger partial charge in [0.05, 0.1) is 6.61 Å². The molecule has 0 aromatic heterocycles. The van der Waals surface area contributed by atoms with Gasteiger partial charge in [0.2, 0.25) is 0 Å². The van der Waals surface area contributed by atoms with Crippen molar-refractivity contribution < 1.29 is 9.84 Å². The van der Waals surface area contributed by atoms with Gasteiger partial charge in [0.25, 0.3) is 0 Å². The molecule has 1 aliphatic heterocycles. The van der Waals surface area contributed by atoms with Crippen LogP contribution in [0.2, 0.25) is 0 Å². The molecule has 1 aromatic carbocycles. The molecule has 1 aliphatic rings. The third-order valence-electron chi connectivity index (χ3n) is 3.31. The fourth-order valence-corrected chi connectivity index (χ4v) is 2.61. The third kappa shape index (κ3) is 3.97. The van der Waals surface area contributed by atoms with Gasteiger partial charge in [0.15, 0.2) is 0 Å². The van der Waals surface area contributed by atoms with Crippen molar-refractivity contribution in [3.63, 3.8) is 0 Å². The van der Waals surface area contributed by atoms with Crippen LogP contribution in [0.3, 0.4) is 0 Å². The molecule has 2 rings (SSSR count). The van der Waals surface area contributed by atoms with Gasteiger partial charge in [-0.05, 0) is 49.7 Å². The number of rotatable bonds is 5. The van der Waals surface area contributed by atoms with Crippen LogP contribution in [0, 0.1) is 0 Å². The number of benzene rings is 1. The van der Waals surface area contributed by atoms with E-state index in [0.717, 1.165) is 22.3 Å². The lowest BCUT2D eigenvalue weighted by atomic mass is 10.1. The van der Waals surface area contributed by atoms with Gasteiger partial charge >= 0.3 is 0 Å². The minimum Gasteiger partial charge on any atom is -0.492 e. The number of halogens is 1. The van der Waals surface area contributed by atoms with E-state index >= 15 is 0 Å². The Balaban J connectivity index is 1.79. The summed E-state index contributed by atoms with van der Waals surface area (Å²) in [5.74, 6) is 0.833. The van der Waals surface area contributed by atoms with E-state index < -0.39 is 0 Å². The van der Waals surface area contributed by atoms with E-state index in [4.69, 9.17) is 4.74 Å². The first-order valence-electron chi connectivity index (χ1n) is 6.54. The Hall–Kier alpha value is -0.580. The molecule has 0 unspecified atom stereocenters. The topological polar surface area (TPSA) is 32.7 Å². The van der Waals surface area contributed by atoms with Crippen LogP contribution in [0.1, 0.15) is 24.8 Å². The Morgan fingerprint density at radius 1 is 1.22 bits per heavy atom. The quantitative estimate of drug-likeness (QED) is 0.907. The first-order valence-corrected chi connectivity index (χ1v) is 7.33. The van der Waals surface area contributed by atoms with Gasteiger partial charge < -0.3 is 9.84 Å². The van der Waals surface area contributed by atoms with Crippen LogP contribution >= 0.6 is 15.9 Å². The van der Waals surface area contributed by atoms with Crippen molar-refractivity contribution in [1.82, 2.24) is 4.90 Å². The summed E-state index contributed by atoms with van der Waals surface area (Å²) < 4.78 is 6.66. The molecule has 0 saturated carbocycles. The molecule has 0 spiro atoms. The fourth-order valence-electron chi connectivity index (χ4n) is 2.24. The summed E-state index contributed by atoms with van der Waals surface area (Å²) in [4.78, 5) is 2.45. The minimum atomic E-state index is 0.0317. The number of likely N-dealkylation sites (tertiary alicyclic amines) is 1. The van der Waals surface area contributed by atoms with Crippen molar-refractivity contribution in [2.45, 2.75) is 25.9 Å². The molecule has 4 heteroatoms. The van der Waals surface area contributed by atoms with Gasteiger partial charge in [0, 0.05) is 11.0 Å². The first kappa shape index (κ1) is 13.8. The van der Waals surface area contributed by atoms with Crippen LogP contribution < -0.4 is 4.74 Å². The van der Waals surface area contributed by atoms with Gasteiger partial charge in [-0.15, -0.1) is 0 Å². The van der Waals surface area contributed by atoms with E-state index in [1.165, 1.54) is 32.4 Å². The Bertz CT molecular complexity index is 378. The molecule has 0 aliphatic carbocycles. The molecular weight excluding hydrogens is 294 g/mol. The van der Waals surface area contributed by atoms with E-state index in [1.54, 1.807) is 0 Å². The minimum absolute atomic E-state index is 0.0317. The predicted octanol–water partition coefficient (Wildman–Crippen LogP) is 2.81. The highest BCUT2D eigenvalue weighted by Gasteiger charge is 2.09. The molecule has 1 saturated heterocycles. The zero-order valence-corrected chi connectivity index (χ0v) is 12.2. The van der Waals surface area contributed by atoms with Crippen molar-refractivity contribution >= 4 is 15.9 Å². The number of aliphatic hydroxyl groups is 1. The molecule has 1 fully saturated rings. The molecular formula is C14H20BrNO2. The van der Waals surface area contributed by atoms with Crippen LogP contribution in [0.25, 0.3) is 0 Å². The number of nitrogens with zero attached hydrogens (tertiary/aromatic N) is 1. The second-order valence-corrected chi connectivity index (χ2v) is 5.52. The molecule has 3 nitrogen and oxygen atoms in total. The fraction of sp³-hybridized carbons (Fsp3) is 0.571. The number of aliphatic hydroxyl groups excluding tert-OH is 1. The van der Waals surface area contributed by atoms with Gasteiger partial charge in [0.1, 0.15) is 12.4 Å². The summed E-state index contributed by atoms with van der Waals surface area (Å²) >= 11 is 3.40. The number of piperidine rings is 1. The molecule has 0 amide bonds. The Labute approximate surface area is 117 Å². The van der Waals surface area contributed by atoms with Crippen molar-refractivity contribution in [1.29, 1.82) is 0 Å². The van der Waals surface area contributed by atoms with Gasteiger partial charge in [-0.1, -0.05) is 22.4 Å². The highest BCUT2D eigenvalue weighted by molar-refractivity contribution is 9.10. The van der Waals surface area contributed by atoms with Crippen molar-refractivity contribution in [3.05, 3.63) is 28.2 Å². The lowest BCUT2D eigenvalue weighted by molar-refractivity contribution is 0.183. The molecule has 100 valence electrons. The molecule has 1 N–H and O–H groups in total. The average Bonchev–Trinajstić information content (AvgIpc) is 2.42. The first-order chi connectivity index (χ1) is 8.79. The molecule has 0 bridgehead atoms. The highest BCUT2D eigenvalue weighted by Crippen LogP contribution is 2.22. The zero-order chi connectivity index (χ0) is 12.8. The van der Waals surface area contributed by atoms with E-state index in [2.05, 4.69) is 20.8 Å². The van der Waals surface area contributed by atoms with Gasteiger partial charge in [-0.3, -0.25) is 4.90 Å². The molecule has 1 heterocycles. The molecule has 0 atom stereocenters. The van der Waals surface area contributed by atoms with Crippen LogP contribution in [-0.2, 0) is 6.61 Å². The van der Waals surface area contributed by atoms with Crippen LogP contribution in [0.5, 0.6) is 5.75 Å². The van der Waals surface area contributed by atoms with Crippen molar-refractivity contribution in [2.75, 3.05) is 26.2 Å². The maximum Gasteiger partial charge on any atom is 0.119 e. The lowest BCUT2D eigenvalue weighted by Crippen LogP contribution is -2.33. The van der Waals surface area contributed by atoms with Crippen LogP contribution in [-0.4, -0.2) is 36.2 Å². The summed E-state index contributed by atoms with van der Waals surface area (Å²) in [5, 5.41) is 9.18. The summed E-state index contributed by atoms with van der Waals surface area (Å²) in [5.41, 5.74) is 0.866. The monoisotopic (exact) mass is 313 g/mol. The zero-order valence-electron chi connectivity index (χ0n) is 10.6. The Morgan fingerprint density at radius 2 is 2.00 bits per heavy atom. The van der Waals surface area contributed by atoms with E-state index in [-0.39, 0.29) is 6.61 Å². The molecule has 1 aromatic rings. The summed E-state index contributed by atoms with van der Waals surface area (Å²) in [6, 6.07) is 5.74. The standard InChI is InChI=1S/C14H20BrNO2/c15-14-5-4-13(10-12(14)11-17)18-9-8-16-6-2-1-3-7-16/h4-5,10,17H,1-3,6-9,11H2. The normalized spacial score (nSPS) is 16.8. The van der Waals surface area contributed by atoms with Gasteiger partial charge in [-0.2, -0.15) is 0 Å². The smallest absolute Gasteiger partial charge is 0.119 e. The number of hydrogen-bond donors (Lipinski definition) is 1. The largest absolute Gasteiger partial charge is 0.492 e. The Kier molecular flexibility index (Phi) is 5.47. The van der Waals surface area contributed by atoms with Crippen molar-refractivity contribution in [2.24, 2.45) is 0 Å².